The van der Waals surface area contributed by atoms with Crippen molar-refractivity contribution >= 4 is 0 Å². The second-order valence-electron chi connectivity index (χ2n) is 4.73. The molecule has 3 heteroatoms. The summed E-state index contributed by atoms with van der Waals surface area (Å²) in [5.74, 6) is 0.738. The topological polar surface area (TPSA) is 42.1 Å². The molecular formula is C13H21N3. The largest absolute Gasteiger partial charge is 0.330 e. The van der Waals surface area contributed by atoms with E-state index in [1.54, 1.807) is 0 Å². The number of aryl methyl sites for hydroxylation is 1. The molecule has 0 aliphatic carbocycles. The summed E-state index contributed by atoms with van der Waals surface area (Å²) in [5.41, 5.74) is 7.98. The predicted octanol–water partition coefficient (Wildman–Crippen LogP) is 1.56. The predicted molar refractivity (Wildman–Crippen MR) is 66.0 cm³/mol. The average Bonchev–Trinajstić information content (AvgIpc) is 2.30. The first kappa shape index (κ1) is 11.6. The summed E-state index contributed by atoms with van der Waals surface area (Å²) in [6.45, 7) is 6.20. The third-order valence-electron chi connectivity index (χ3n) is 3.37. The molecule has 2 rings (SSSR count). The molecule has 0 radical (unpaired) electrons. The Morgan fingerprint density at radius 1 is 1.38 bits per heavy atom. The highest BCUT2D eigenvalue weighted by atomic mass is 15.1. The van der Waals surface area contributed by atoms with Crippen molar-refractivity contribution in [2.45, 2.75) is 26.3 Å². The van der Waals surface area contributed by atoms with Gasteiger partial charge in [0.1, 0.15) is 0 Å². The Labute approximate surface area is 97.7 Å². The highest BCUT2D eigenvalue weighted by Crippen LogP contribution is 2.17. The van der Waals surface area contributed by atoms with E-state index in [9.17, 15) is 0 Å². The lowest BCUT2D eigenvalue weighted by molar-refractivity contribution is 0.178. The first-order valence-electron chi connectivity index (χ1n) is 6.13. The van der Waals surface area contributed by atoms with Gasteiger partial charge in [-0.3, -0.25) is 9.88 Å². The van der Waals surface area contributed by atoms with Gasteiger partial charge in [0.25, 0.3) is 0 Å². The molecule has 0 bridgehead atoms. The van der Waals surface area contributed by atoms with Crippen LogP contribution in [0.4, 0.5) is 0 Å². The van der Waals surface area contributed by atoms with Gasteiger partial charge >= 0.3 is 0 Å². The molecule has 0 unspecified atom stereocenters. The first-order valence-corrected chi connectivity index (χ1v) is 6.13. The zero-order valence-electron chi connectivity index (χ0n) is 10.0. The van der Waals surface area contributed by atoms with Gasteiger partial charge in [-0.1, -0.05) is 6.07 Å². The number of likely N-dealkylation sites (tertiary alicyclic amines) is 1. The molecule has 2 N–H and O–H groups in total. The van der Waals surface area contributed by atoms with Crippen molar-refractivity contribution in [3.63, 3.8) is 0 Å². The summed E-state index contributed by atoms with van der Waals surface area (Å²) < 4.78 is 0. The normalized spacial score (nSPS) is 18.9. The van der Waals surface area contributed by atoms with E-state index in [0.717, 1.165) is 37.8 Å². The van der Waals surface area contributed by atoms with Crippen LogP contribution in [0, 0.1) is 12.8 Å². The zero-order chi connectivity index (χ0) is 11.4. The number of hydrogen-bond acceptors (Lipinski definition) is 3. The molecule has 1 aliphatic heterocycles. The smallest absolute Gasteiger partial charge is 0.0547 e. The number of nitrogens with zero attached hydrogens (tertiary/aromatic N) is 2. The zero-order valence-corrected chi connectivity index (χ0v) is 10.0. The van der Waals surface area contributed by atoms with Crippen molar-refractivity contribution in [1.82, 2.24) is 9.88 Å². The van der Waals surface area contributed by atoms with E-state index in [1.165, 1.54) is 18.5 Å². The molecule has 0 atom stereocenters. The molecule has 88 valence electrons. The maximum atomic E-state index is 5.69. The van der Waals surface area contributed by atoms with Crippen molar-refractivity contribution in [3.8, 4) is 0 Å². The standard InChI is InChI=1S/C13H21N3/c1-11-3-2-4-13(15-11)10-16-7-5-12(9-14)6-8-16/h2-4,12H,5-10,14H2,1H3. The summed E-state index contributed by atoms with van der Waals surface area (Å²) in [4.78, 5) is 7.02. The highest BCUT2D eigenvalue weighted by molar-refractivity contribution is 5.09. The molecule has 16 heavy (non-hydrogen) atoms. The molecule has 0 spiro atoms. The summed E-state index contributed by atoms with van der Waals surface area (Å²) in [6.07, 6.45) is 2.48. The number of aromatic nitrogens is 1. The molecule has 0 aromatic carbocycles. The molecule has 0 amide bonds. The number of pyridine rings is 1. The van der Waals surface area contributed by atoms with E-state index in [-0.39, 0.29) is 0 Å². The van der Waals surface area contributed by atoms with Crippen LogP contribution in [-0.4, -0.2) is 29.5 Å². The van der Waals surface area contributed by atoms with Gasteiger partial charge in [-0.15, -0.1) is 0 Å². The van der Waals surface area contributed by atoms with Crippen LogP contribution in [-0.2, 0) is 6.54 Å². The van der Waals surface area contributed by atoms with Gasteiger partial charge in [-0.25, -0.2) is 0 Å². The Hall–Kier alpha value is -0.930. The molecule has 0 saturated carbocycles. The van der Waals surface area contributed by atoms with Crippen LogP contribution in [0.15, 0.2) is 18.2 Å². The van der Waals surface area contributed by atoms with E-state index in [2.05, 4.69) is 22.0 Å². The lowest BCUT2D eigenvalue weighted by atomic mass is 9.97. The fourth-order valence-electron chi connectivity index (χ4n) is 2.30. The van der Waals surface area contributed by atoms with E-state index < -0.39 is 0 Å². The highest BCUT2D eigenvalue weighted by Gasteiger charge is 2.18. The molecule has 1 aromatic rings. The maximum absolute atomic E-state index is 5.69. The van der Waals surface area contributed by atoms with Crippen molar-refractivity contribution in [1.29, 1.82) is 0 Å². The lowest BCUT2D eigenvalue weighted by Crippen LogP contribution is -2.35. The summed E-state index contributed by atoms with van der Waals surface area (Å²) >= 11 is 0. The minimum Gasteiger partial charge on any atom is -0.330 e. The van der Waals surface area contributed by atoms with Crippen LogP contribution in [0.1, 0.15) is 24.2 Å². The average molecular weight is 219 g/mol. The van der Waals surface area contributed by atoms with Gasteiger partial charge in [0.05, 0.1) is 5.69 Å². The second-order valence-corrected chi connectivity index (χ2v) is 4.73. The van der Waals surface area contributed by atoms with Crippen molar-refractivity contribution in [3.05, 3.63) is 29.6 Å². The molecular weight excluding hydrogens is 198 g/mol. The number of nitrogens with two attached hydrogens (primary N) is 1. The molecule has 1 saturated heterocycles. The van der Waals surface area contributed by atoms with Crippen LogP contribution < -0.4 is 5.73 Å². The fourth-order valence-corrected chi connectivity index (χ4v) is 2.30. The van der Waals surface area contributed by atoms with E-state index >= 15 is 0 Å². The maximum Gasteiger partial charge on any atom is 0.0547 e. The van der Waals surface area contributed by atoms with Crippen molar-refractivity contribution in [2.24, 2.45) is 11.7 Å². The molecule has 1 aromatic heterocycles. The van der Waals surface area contributed by atoms with Crippen LogP contribution in [0.3, 0.4) is 0 Å². The quantitative estimate of drug-likeness (QED) is 0.839. The van der Waals surface area contributed by atoms with E-state index in [1.807, 2.05) is 13.0 Å². The fraction of sp³-hybridized carbons (Fsp3) is 0.615. The SMILES string of the molecule is Cc1cccc(CN2CCC(CN)CC2)n1. The third kappa shape index (κ3) is 3.03. The van der Waals surface area contributed by atoms with E-state index in [4.69, 9.17) is 5.73 Å². The Kier molecular flexibility index (Phi) is 3.91. The van der Waals surface area contributed by atoms with Gasteiger partial charge in [-0.05, 0) is 57.5 Å². The monoisotopic (exact) mass is 219 g/mol. The van der Waals surface area contributed by atoms with E-state index in [0.29, 0.717) is 0 Å². The van der Waals surface area contributed by atoms with Gasteiger partial charge in [0, 0.05) is 12.2 Å². The van der Waals surface area contributed by atoms with Crippen LogP contribution >= 0.6 is 0 Å². The molecule has 1 aliphatic rings. The Bertz CT molecular complexity index is 330. The third-order valence-corrected chi connectivity index (χ3v) is 3.37. The summed E-state index contributed by atoms with van der Waals surface area (Å²) in [7, 11) is 0. The lowest BCUT2D eigenvalue weighted by Gasteiger charge is -2.31. The van der Waals surface area contributed by atoms with Gasteiger partial charge in [-0.2, -0.15) is 0 Å². The second kappa shape index (κ2) is 5.41. The van der Waals surface area contributed by atoms with Gasteiger partial charge in [0.2, 0.25) is 0 Å². The summed E-state index contributed by atoms with van der Waals surface area (Å²) in [6, 6.07) is 6.25. The number of piperidine rings is 1. The molecule has 2 heterocycles. The van der Waals surface area contributed by atoms with Gasteiger partial charge in [0.15, 0.2) is 0 Å². The molecule has 3 nitrogen and oxygen atoms in total. The molecule has 1 fully saturated rings. The minimum absolute atomic E-state index is 0.738. The summed E-state index contributed by atoms with van der Waals surface area (Å²) in [5, 5.41) is 0. The Balaban J connectivity index is 1.87. The van der Waals surface area contributed by atoms with Crippen LogP contribution in [0.25, 0.3) is 0 Å². The Morgan fingerprint density at radius 2 is 2.12 bits per heavy atom. The van der Waals surface area contributed by atoms with Crippen LogP contribution in [0.5, 0.6) is 0 Å². The van der Waals surface area contributed by atoms with Gasteiger partial charge < -0.3 is 5.73 Å². The number of rotatable bonds is 3. The Morgan fingerprint density at radius 3 is 2.75 bits per heavy atom. The van der Waals surface area contributed by atoms with Crippen molar-refractivity contribution in [2.75, 3.05) is 19.6 Å². The van der Waals surface area contributed by atoms with Crippen LogP contribution in [0.2, 0.25) is 0 Å². The van der Waals surface area contributed by atoms with Crippen molar-refractivity contribution < 1.29 is 0 Å². The first-order chi connectivity index (χ1) is 7.78. The minimum atomic E-state index is 0.738. The number of hydrogen-bond donors (Lipinski definition) is 1.